The van der Waals surface area contributed by atoms with Gasteiger partial charge in [-0.15, -0.1) is 0 Å². The lowest BCUT2D eigenvalue weighted by molar-refractivity contribution is -0.119. The van der Waals surface area contributed by atoms with Gasteiger partial charge in [-0.25, -0.2) is 0 Å². The normalized spacial score (nSPS) is 10.2. The second kappa shape index (κ2) is 10.0. The molecule has 118 valence electrons. The molecule has 5 nitrogen and oxygen atoms in total. The highest BCUT2D eigenvalue weighted by Crippen LogP contribution is 2.19. The van der Waals surface area contributed by atoms with Crippen molar-refractivity contribution in [2.75, 3.05) is 38.2 Å². The fourth-order valence-electron chi connectivity index (χ4n) is 2.01. The van der Waals surface area contributed by atoms with Gasteiger partial charge in [0, 0.05) is 18.8 Å². The third kappa shape index (κ3) is 6.49. The van der Waals surface area contributed by atoms with E-state index < -0.39 is 0 Å². The predicted molar refractivity (Wildman–Crippen MR) is 86.8 cm³/mol. The topological polar surface area (TPSA) is 67.6 Å². The molecule has 1 aromatic rings. The first kappa shape index (κ1) is 17.3. The van der Waals surface area contributed by atoms with E-state index in [2.05, 4.69) is 12.2 Å². The minimum absolute atomic E-state index is 0.0521. The lowest BCUT2D eigenvalue weighted by Crippen LogP contribution is -2.38. The SMILES string of the molecule is CCCCNC(=O)CN(CCCN)c1ccc(OC)cc1. The van der Waals surface area contributed by atoms with Crippen molar-refractivity contribution >= 4 is 11.6 Å². The van der Waals surface area contributed by atoms with Crippen LogP contribution < -0.4 is 20.7 Å². The summed E-state index contributed by atoms with van der Waals surface area (Å²) in [5, 5.41) is 2.95. The van der Waals surface area contributed by atoms with Crippen LogP contribution in [0, 0.1) is 0 Å². The van der Waals surface area contributed by atoms with Gasteiger partial charge in [0.1, 0.15) is 5.75 Å². The minimum Gasteiger partial charge on any atom is -0.497 e. The number of amides is 1. The van der Waals surface area contributed by atoms with Crippen molar-refractivity contribution in [3.8, 4) is 5.75 Å². The number of hydrogen-bond donors (Lipinski definition) is 2. The van der Waals surface area contributed by atoms with E-state index >= 15 is 0 Å². The van der Waals surface area contributed by atoms with Crippen LogP contribution in [0.1, 0.15) is 26.2 Å². The fourth-order valence-corrected chi connectivity index (χ4v) is 2.01. The zero-order chi connectivity index (χ0) is 15.5. The Labute approximate surface area is 127 Å². The van der Waals surface area contributed by atoms with Crippen LogP contribution in [0.3, 0.4) is 0 Å². The molecule has 3 N–H and O–H groups in total. The Morgan fingerprint density at radius 1 is 1.29 bits per heavy atom. The standard InChI is InChI=1S/C16H27N3O2/c1-3-4-11-18-16(20)13-19(12-5-10-17)14-6-8-15(21-2)9-7-14/h6-9H,3-5,10-13,17H2,1-2H3,(H,18,20). The Balaban J connectivity index is 2.63. The second-order valence-corrected chi connectivity index (χ2v) is 4.97. The number of benzene rings is 1. The Kier molecular flexibility index (Phi) is 8.28. The van der Waals surface area contributed by atoms with E-state index in [9.17, 15) is 4.79 Å². The summed E-state index contributed by atoms with van der Waals surface area (Å²) in [4.78, 5) is 14.0. The van der Waals surface area contributed by atoms with Crippen molar-refractivity contribution in [3.05, 3.63) is 24.3 Å². The highest BCUT2D eigenvalue weighted by atomic mass is 16.5. The van der Waals surface area contributed by atoms with Gasteiger partial charge in [0.15, 0.2) is 0 Å². The van der Waals surface area contributed by atoms with E-state index in [1.807, 2.05) is 29.2 Å². The summed E-state index contributed by atoms with van der Waals surface area (Å²) in [6, 6.07) is 7.74. The van der Waals surface area contributed by atoms with Gasteiger partial charge < -0.3 is 20.7 Å². The summed E-state index contributed by atoms with van der Waals surface area (Å²) in [6.45, 7) is 4.59. The molecule has 1 amide bonds. The number of carbonyl (C=O) groups excluding carboxylic acids is 1. The van der Waals surface area contributed by atoms with Crippen LogP contribution in [0.2, 0.25) is 0 Å². The zero-order valence-corrected chi connectivity index (χ0v) is 13.1. The average molecular weight is 293 g/mol. The van der Waals surface area contributed by atoms with Crippen LogP contribution in [0.25, 0.3) is 0 Å². The van der Waals surface area contributed by atoms with Gasteiger partial charge in [-0.3, -0.25) is 4.79 Å². The molecule has 0 heterocycles. The predicted octanol–water partition coefficient (Wildman–Crippen LogP) is 1.77. The van der Waals surface area contributed by atoms with Crippen LogP contribution in [0.5, 0.6) is 5.75 Å². The molecule has 0 saturated carbocycles. The molecule has 1 aromatic carbocycles. The maximum Gasteiger partial charge on any atom is 0.239 e. The Morgan fingerprint density at radius 2 is 2.00 bits per heavy atom. The first-order valence-electron chi connectivity index (χ1n) is 7.57. The molecule has 0 aliphatic rings. The number of anilines is 1. The van der Waals surface area contributed by atoms with Gasteiger partial charge in [-0.05, 0) is 43.7 Å². The van der Waals surface area contributed by atoms with E-state index in [1.165, 1.54) is 0 Å². The van der Waals surface area contributed by atoms with Crippen molar-refractivity contribution in [1.82, 2.24) is 5.32 Å². The number of carbonyl (C=O) groups is 1. The number of nitrogens with one attached hydrogen (secondary N) is 1. The van der Waals surface area contributed by atoms with Gasteiger partial charge in [0.2, 0.25) is 5.91 Å². The minimum atomic E-state index is 0.0521. The lowest BCUT2D eigenvalue weighted by Gasteiger charge is -2.24. The fraction of sp³-hybridized carbons (Fsp3) is 0.562. The summed E-state index contributed by atoms with van der Waals surface area (Å²) < 4.78 is 5.16. The molecule has 5 heteroatoms. The monoisotopic (exact) mass is 293 g/mol. The molecule has 0 unspecified atom stereocenters. The quantitative estimate of drug-likeness (QED) is 0.645. The molecule has 0 aliphatic carbocycles. The summed E-state index contributed by atoms with van der Waals surface area (Å²) in [6.07, 6.45) is 2.95. The van der Waals surface area contributed by atoms with Crippen molar-refractivity contribution < 1.29 is 9.53 Å². The van der Waals surface area contributed by atoms with Gasteiger partial charge >= 0.3 is 0 Å². The Hall–Kier alpha value is -1.75. The van der Waals surface area contributed by atoms with E-state index in [0.717, 1.165) is 43.8 Å². The van der Waals surface area contributed by atoms with E-state index in [0.29, 0.717) is 13.1 Å². The molecule has 21 heavy (non-hydrogen) atoms. The lowest BCUT2D eigenvalue weighted by atomic mass is 10.2. The van der Waals surface area contributed by atoms with Gasteiger partial charge in [0.05, 0.1) is 13.7 Å². The van der Waals surface area contributed by atoms with Crippen LogP contribution in [-0.4, -0.2) is 39.2 Å². The maximum atomic E-state index is 12.0. The zero-order valence-electron chi connectivity index (χ0n) is 13.1. The molecule has 0 aliphatic heterocycles. The largest absolute Gasteiger partial charge is 0.497 e. The van der Waals surface area contributed by atoms with E-state index in [4.69, 9.17) is 10.5 Å². The van der Waals surface area contributed by atoms with Gasteiger partial charge in [-0.2, -0.15) is 0 Å². The molecule has 0 bridgehead atoms. The first-order valence-corrected chi connectivity index (χ1v) is 7.57. The molecular formula is C16H27N3O2. The number of ether oxygens (including phenoxy) is 1. The molecule has 0 spiro atoms. The van der Waals surface area contributed by atoms with Crippen molar-refractivity contribution in [1.29, 1.82) is 0 Å². The summed E-state index contributed by atoms with van der Waals surface area (Å²) >= 11 is 0. The number of unbranched alkanes of at least 4 members (excludes halogenated alkanes) is 1. The van der Waals surface area contributed by atoms with Crippen LogP contribution in [0.15, 0.2) is 24.3 Å². The van der Waals surface area contributed by atoms with E-state index in [-0.39, 0.29) is 5.91 Å². The van der Waals surface area contributed by atoms with Crippen molar-refractivity contribution in [2.45, 2.75) is 26.2 Å². The second-order valence-electron chi connectivity index (χ2n) is 4.97. The number of nitrogens with two attached hydrogens (primary N) is 1. The number of methoxy groups -OCH3 is 1. The summed E-state index contributed by atoms with van der Waals surface area (Å²) in [5.74, 6) is 0.862. The molecule has 0 saturated heterocycles. The number of hydrogen-bond acceptors (Lipinski definition) is 4. The number of nitrogens with zero attached hydrogens (tertiary/aromatic N) is 1. The third-order valence-electron chi connectivity index (χ3n) is 3.26. The third-order valence-corrected chi connectivity index (χ3v) is 3.26. The van der Waals surface area contributed by atoms with E-state index in [1.54, 1.807) is 7.11 Å². The van der Waals surface area contributed by atoms with Crippen LogP contribution in [0.4, 0.5) is 5.69 Å². The highest BCUT2D eigenvalue weighted by molar-refractivity contribution is 5.81. The molecule has 1 rings (SSSR count). The summed E-state index contributed by atoms with van der Waals surface area (Å²) in [7, 11) is 1.64. The summed E-state index contributed by atoms with van der Waals surface area (Å²) in [5.41, 5.74) is 6.59. The maximum absolute atomic E-state index is 12.0. The molecule has 0 radical (unpaired) electrons. The Bertz CT molecular complexity index is 406. The average Bonchev–Trinajstić information content (AvgIpc) is 2.52. The molecule has 0 atom stereocenters. The van der Waals surface area contributed by atoms with Gasteiger partial charge in [-0.1, -0.05) is 13.3 Å². The smallest absolute Gasteiger partial charge is 0.239 e. The van der Waals surface area contributed by atoms with Crippen LogP contribution in [-0.2, 0) is 4.79 Å². The first-order chi connectivity index (χ1) is 10.2. The van der Waals surface area contributed by atoms with Crippen molar-refractivity contribution in [2.24, 2.45) is 5.73 Å². The van der Waals surface area contributed by atoms with Gasteiger partial charge in [0.25, 0.3) is 0 Å². The molecule has 0 fully saturated rings. The molecule has 0 aromatic heterocycles. The van der Waals surface area contributed by atoms with Crippen LogP contribution >= 0.6 is 0 Å². The van der Waals surface area contributed by atoms with Crippen molar-refractivity contribution in [3.63, 3.8) is 0 Å². The molecular weight excluding hydrogens is 266 g/mol. The highest BCUT2D eigenvalue weighted by Gasteiger charge is 2.11. The Morgan fingerprint density at radius 3 is 2.57 bits per heavy atom. The number of rotatable bonds is 10.